The van der Waals surface area contributed by atoms with Gasteiger partial charge < -0.3 is 10.6 Å². The number of benzene rings is 1. The molecule has 0 saturated carbocycles. The van der Waals surface area contributed by atoms with Gasteiger partial charge in [0, 0.05) is 28.7 Å². The minimum atomic E-state index is -0.312. The highest BCUT2D eigenvalue weighted by atomic mass is 35.5. The van der Waals surface area contributed by atoms with Crippen LogP contribution in [0.4, 0.5) is 10.5 Å². The maximum absolute atomic E-state index is 11.4. The Morgan fingerprint density at radius 3 is 3.06 bits per heavy atom. The second-order valence-electron chi connectivity index (χ2n) is 3.20. The van der Waals surface area contributed by atoms with Crippen molar-refractivity contribution in [3.8, 4) is 0 Å². The Labute approximate surface area is 104 Å². The first-order chi connectivity index (χ1) is 8.22. The molecule has 7 heteroatoms. The average molecular weight is 254 g/mol. The fourth-order valence-corrected chi connectivity index (χ4v) is 1.33. The lowest BCUT2D eigenvalue weighted by Gasteiger charge is -2.06. The zero-order chi connectivity index (χ0) is 12.5. The maximum atomic E-state index is 11.4. The Kier molecular flexibility index (Phi) is 5.71. The summed E-state index contributed by atoms with van der Waals surface area (Å²) in [7, 11) is 0. The molecule has 90 valence electrons. The summed E-state index contributed by atoms with van der Waals surface area (Å²) in [6, 6.07) is 6.56. The van der Waals surface area contributed by atoms with Gasteiger partial charge in [0.05, 0.1) is 0 Å². The van der Waals surface area contributed by atoms with Gasteiger partial charge in [-0.1, -0.05) is 22.8 Å². The van der Waals surface area contributed by atoms with Crippen LogP contribution in [0, 0.1) is 0 Å². The third-order valence-electron chi connectivity index (χ3n) is 1.87. The summed E-state index contributed by atoms with van der Waals surface area (Å²) in [4.78, 5) is 14.0. The standard InChI is InChI=1S/C10H12ClN5O/c11-8-3-1-4-9(7-8)15-10(17)13-5-2-6-14-16-12/h1,3-4,7H,2,5-6H2,(H2,13,15,17). The topological polar surface area (TPSA) is 89.9 Å². The molecule has 0 unspecified atom stereocenters. The first kappa shape index (κ1) is 13.2. The lowest BCUT2D eigenvalue weighted by Crippen LogP contribution is -2.29. The molecule has 1 aromatic carbocycles. The zero-order valence-electron chi connectivity index (χ0n) is 9.06. The monoisotopic (exact) mass is 253 g/mol. The van der Waals surface area contributed by atoms with Gasteiger partial charge in [0.25, 0.3) is 0 Å². The molecule has 1 rings (SSSR count). The van der Waals surface area contributed by atoms with Crippen molar-refractivity contribution in [2.45, 2.75) is 6.42 Å². The van der Waals surface area contributed by atoms with Gasteiger partial charge in [-0.05, 0) is 30.2 Å². The number of nitrogens with zero attached hydrogens (tertiary/aromatic N) is 3. The molecular weight excluding hydrogens is 242 g/mol. The fraction of sp³-hybridized carbons (Fsp3) is 0.300. The number of anilines is 1. The summed E-state index contributed by atoms with van der Waals surface area (Å²) in [5.74, 6) is 0. The minimum Gasteiger partial charge on any atom is -0.338 e. The van der Waals surface area contributed by atoms with E-state index in [9.17, 15) is 4.79 Å². The van der Waals surface area contributed by atoms with Gasteiger partial charge in [0.15, 0.2) is 0 Å². The van der Waals surface area contributed by atoms with Crippen molar-refractivity contribution in [1.29, 1.82) is 0 Å². The number of amides is 2. The van der Waals surface area contributed by atoms with Gasteiger partial charge in [-0.25, -0.2) is 4.79 Å². The van der Waals surface area contributed by atoms with Crippen molar-refractivity contribution in [3.63, 3.8) is 0 Å². The van der Waals surface area contributed by atoms with Crippen LogP contribution in [0.2, 0.25) is 5.02 Å². The first-order valence-electron chi connectivity index (χ1n) is 5.03. The summed E-state index contributed by atoms with van der Waals surface area (Å²) < 4.78 is 0. The molecule has 0 radical (unpaired) electrons. The number of carbonyl (C=O) groups is 1. The number of halogens is 1. The predicted molar refractivity (Wildman–Crippen MR) is 67.1 cm³/mol. The van der Waals surface area contributed by atoms with Gasteiger partial charge in [-0.15, -0.1) is 0 Å². The summed E-state index contributed by atoms with van der Waals surface area (Å²) in [5, 5.41) is 9.19. The number of azide groups is 1. The molecule has 6 nitrogen and oxygen atoms in total. The molecular formula is C10H12ClN5O. The number of nitrogens with one attached hydrogen (secondary N) is 2. The van der Waals surface area contributed by atoms with Crippen LogP contribution in [-0.2, 0) is 0 Å². The van der Waals surface area contributed by atoms with E-state index in [4.69, 9.17) is 17.1 Å². The SMILES string of the molecule is [N-]=[N+]=NCCCNC(=O)Nc1cccc(Cl)c1. The Morgan fingerprint density at radius 1 is 1.53 bits per heavy atom. The number of rotatable bonds is 5. The van der Waals surface area contributed by atoms with E-state index in [1.807, 2.05) is 0 Å². The van der Waals surface area contributed by atoms with Crippen LogP contribution < -0.4 is 10.6 Å². The predicted octanol–water partition coefficient (Wildman–Crippen LogP) is 3.16. The molecule has 0 aliphatic heterocycles. The lowest BCUT2D eigenvalue weighted by atomic mass is 10.3. The Balaban J connectivity index is 2.27. The van der Waals surface area contributed by atoms with Crippen molar-refractivity contribution in [2.75, 3.05) is 18.4 Å². The molecule has 0 heterocycles. The highest BCUT2D eigenvalue weighted by molar-refractivity contribution is 6.30. The van der Waals surface area contributed by atoms with Crippen LogP contribution in [0.3, 0.4) is 0 Å². The second kappa shape index (κ2) is 7.38. The van der Waals surface area contributed by atoms with Gasteiger partial charge in [0.2, 0.25) is 0 Å². The average Bonchev–Trinajstić information content (AvgIpc) is 2.29. The molecule has 0 aliphatic rings. The van der Waals surface area contributed by atoms with Crippen molar-refractivity contribution >= 4 is 23.3 Å². The van der Waals surface area contributed by atoms with Crippen LogP contribution in [0.1, 0.15) is 6.42 Å². The molecule has 0 atom stereocenters. The number of carbonyl (C=O) groups excluding carboxylic acids is 1. The van der Waals surface area contributed by atoms with Crippen LogP contribution in [-0.4, -0.2) is 19.1 Å². The molecule has 0 bridgehead atoms. The van der Waals surface area contributed by atoms with Crippen molar-refractivity contribution in [3.05, 3.63) is 39.7 Å². The normalized spacial score (nSPS) is 9.24. The molecule has 0 spiro atoms. The van der Waals surface area contributed by atoms with E-state index in [0.717, 1.165) is 0 Å². The van der Waals surface area contributed by atoms with E-state index >= 15 is 0 Å². The Bertz CT molecular complexity index is 430. The quantitative estimate of drug-likeness (QED) is 0.359. The first-order valence-corrected chi connectivity index (χ1v) is 5.41. The van der Waals surface area contributed by atoms with Gasteiger partial charge in [0.1, 0.15) is 0 Å². The summed E-state index contributed by atoms with van der Waals surface area (Å²) in [6.07, 6.45) is 0.604. The van der Waals surface area contributed by atoms with Crippen molar-refractivity contribution in [1.82, 2.24) is 5.32 Å². The molecule has 17 heavy (non-hydrogen) atoms. The van der Waals surface area contributed by atoms with Crippen LogP contribution in [0.15, 0.2) is 29.4 Å². The van der Waals surface area contributed by atoms with E-state index in [-0.39, 0.29) is 6.03 Å². The maximum Gasteiger partial charge on any atom is 0.319 e. The van der Waals surface area contributed by atoms with E-state index < -0.39 is 0 Å². The van der Waals surface area contributed by atoms with Gasteiger partial charge in [-0.3, -0.25) is 0 Å². The van der Waals surface area contributed by atoms with E-state index in [2.05, 4.69) is 20.7 Å². The summed E-state index contributed by atoms with van der Waals surface area (Å²) >= 11 is 5.77. The molecule has 0 saturated heterocycles. The zero-order valence-corrected chi connectivity index (χ0v) is 9.81. The third kappa shape index (κ3) is 5.65. The van der Waals surface area contributed by atoms with E-state index in [0.29, 0.717) is 30.2 Å². The third-order valence-corrected chi connectivity index (χ3v) is 2.10. The van der Waals surface area contributed by atoms with Crippen molar-refractivity contribution in [2.24, 2.45) is 5.11 Å². The largest absolute Gasteiger partial charge is 0.338 e. The van der Waals surface area contributed by atoms with Crippen LogP contribution >= 0.6 is 11.6 Å². The highest BCUT2D eigenvalue weighted by Crippen LogP contribution is 2.14. The second-order valence-corrected chi connectivity index (χ2v) is 3.64. The number of urea groups is 1. The summed E-state index contributed by atoms with van der Waals surface area (Å²) in [6.45, 7) is 0.819. The summed E-state index contributed by atoms with van der Waals surface area (Å²) in [5.41, 5.74) is 8.67. The van der Waals surface area contributed by atoms with E-state index in [1.165, 1.54) is 0 Å². The molecule has 0 aromatic heterocycles. The van der Waals surface area contributed by atoms with Gasteiger partial charge in [-0.2, -0.15) is 0 Å². The molecule has 0 fully saturated rings. The molecule has 1 aromatic rings. The van der Waals surface area contributed by atoms with Crippen molar-refractivity contribution < 1.29 is 4.79 Å². The number of hydrogen-bond acceptors (Lipinski definition) is 2. The Hall–Kier alpha value is -1.91. The highest BCUT2D eigenvalue weighted by Gasteiger charge is 2.00. The van der Waals surface area contributed by atoms with Crippen LogP contribution in [0.5, 0.6) is 0 Å². The van der Waals surface area contributed by atoms with Crippen LogP contribution in [0.25, 0.3) is 10.4 Å². The van der Waals surface area contributed by atoms with E-state index in [1.54, 1.807) is 24.3 Å². The number of hydrogen-bond donors (Lipinski definition) is 2. The minimum absolute atomic E-state index is 0.312. The lowest BCUT2D eigenvalue weighted by molar-refractivity contribution is 0.252. The smallest absolute Gasteiger partial charge is 0.319 e. The molecule has 2 amide bonds. The van der Waals surface area contributed by atoms with Gasteiger partial charge >= 0.3 is 6.03 Å². The fourth-order valence-electron chi connectivity index (χ4n) is 1.14. The Morgan fingerprint density at radius 2 is 2.35 bits per heavy atom. The molecule has 2 N–H and O–H groups in total. The molecule has 0 aliphatic carbocycles.